The molecule has 1 aliphatic rings. The van der Waals surface area contributed by atoms with E-state index in [1.165, 1.54) is 36.3 Å². The number of rotatable bonds is 5. The first-order valence-corrected chi connectivity index (χ1v) is 10.3. The molecule has 1 atom stereocenters. The van der Waals surface area contributed by atoms with Gasteiger partial charge < -0.3 is 10.6 Å². The van der Waals surface area contributed by atoms with Crippen molar-refractivity contribution in [2.24, 2.45) is 0 Å². The molecule has 4 heterocycles. The van der Waals surface area contributed by atoms with Crippen LogP contribution in [0, 0.1) is 0 Å². The SMILES string of the molecule is O=C(Nc1cnccn1)Nc1sc(-c2cncnc2)cc1C(=O)N[C@H]1CCCNC1. The van der Waals surface area contributed by atoms with Crippen LogP contribution in [-0.4, -0.2) is 51.0 Å². The maximum Gasteiger partial charge on any atom is 0.325 e. The van der Waals surface area contributed by atoms with Crippen LogP contribution in [0.4, 0.5) is 15.6 Å². The van der Waals surface area contributed by atoms with Crippen LogP contribution < -0.4 is 21.3 Å². The number of nitrogens with one attached hydrogen (secondary N) is 4. The molecule has 4 rings (SSSR count). The summed E-state index contributed by atoms with van der Waals surface area (Å²) in [5.41, 5.74) is 1.15. The van der Waals surface area contributed by atoms with Crippen molar-refractivity contribution in [2.45, 2.75) is 18.9 Å². The van der Waals surface area contributed by atoms with E-state index in [1.807, 2.05) is 0 Å². The third-order valence-corrected chi connectivity index (χ3v) is 5.59. The van der Waals surface area contributed by atoms with Gasteiger partial charge in [-0.15, -0.1) is 11.3 Å². The van der Waals surface area contributed by atoms with Crippen LogP contribution in [0.1, 0.15) is 23.2 Å². The molecule has 4 N–H and O–H groups in total. The first kappa shape index (κ1) is 19.9. The standard InChI is InChI=1S/C19H20N8O2S/c28-17(25-13-2-1-3-20-9-13)14-6-15(12-7-22-11-23-8-12)30-18(14)27-19(29)26-16-10-21-4-5-24-16/h4-8,10-11,13,20H,1-3,9H2,(H,25,28)(H2,24,26,27,29)/t13-/m0/s1. The second-order valence-electron chi connectivity index (χ2n) is 6.67. The van der Waals surface area contributed by atoms with E-state index in [4.69, 9.17) is 0 Å². The second-order valence-corrected chi connectivity index (χ2v) is 7.72. The Bertz CT molecular complexity index is 1010. The Morgan fingerprint density at radius 2 is 1.97 bits per heavy atom. The highest BCUT2D eigenvalue weighted by atomic mass is 32.1. The number of aromatic nitrogens is 4. The van der Waals surface area contributed by atoms with Gasteiger partial charge in [0.1, 0.15) is 11.3 Å². The molecule has 11 heteroatoms. The van der Waals surface area contributed by atoms with Gasteiger partial charge in [0.25, 0.3) is 5.91 Å². The van der Waals surface area contributed by atoms with E-state index in [0.717, 1.165) is 36.4 Å². The molecule has 154 valence electrons. The van der Waals surface area contributed by atoms with Crippen molar-refractivity contribution in [1.29, 1.82) is 0 Å². The average Bonchev–Trinajstić information content (AvgIpc) is 3.19. The zero-order valence-electron chi connectivity index (χ0n) is 16.0. The molecule has 3 aromatic rings. The molecule has 3 amide bonds. The van der Waals surface area contributed by atoms with E-state index in [2.05, 4.69) is 41.2 Å². The van der Waals surface area contributed by atoms with Crippen molar-refractivity contribution < 1.29 is 9.59 Å². The summed E-state index contributed by atoms with van der Waals surface area (Å²) in [6, 6.07) is 1.28. The van der Waals surface area contributed by atoms with Crippen molar-refractivity contribution >= 4 is 34.1 Å². The summed E-state index contributed by atoms with van der Waals surface area (Å²) < 4.78 is 0. The van der Waals surface area contributed by atoms with Crippen molar-refractivity contribution in [3.05, 3.63) is 48.9 Å². The van der Waals surface area contributed by atoms with Crippen LogP contribution in [0.15, 0.2) is 43.4 Å². The number of hydrogen-bond acceptors (Lipinski definition) is 8. The molecule has 0 bridgehead atoms. The Morgan fingerprint density at radius 3 is 2.70 bits per heavy atom. The summed E-state index contributed by atoms with van der Waals surface area (Å²) >= 11 is 1.28. The Morgan fingerprint density at radius 1 is 1.10 bits per heavy atom. The first-order chi connectivity index (χ1) is 14.7. The molecule has 0 spiro atoms. The van der Waals surface area contributed by atoms with Gasteiger partial charge in [-0.05, 0) is 25.5 Å². The fourth-order valence-electron chi connectivity index (χ4n) is 3.07. The van der Waals surface area contributed by atoms with Gasteiger partial charge in [-0.3, -0.25) is 20.4 Å². The van der Waals surface area contributed by atoms with Gasteiger partial charge in [-0.25, -0.2) is 19.7 Å². The lowest BCUT2D eigenvalue weighted by Gasteiger charge is -2.23. The fourth-order valence-corrected chi connectivity index (χ4v) is 4.10. The number of hydrogen-bond donors (Lipinski definition) is 4. The molecular weight excluding hydrogens is 404 g/mol. The minimum atomic E-state index is -0.512. The number of anilines is 2. The van der Waals surface area contributed by atoms with Crippen LogP contribution in [0.25, 0.3) is 10.4 Å². The number of nitrogens with zero attached hydrogens (tertiary/aromatic N) is 4. The van der Waals surface area contributed by atoms with Crippen LogP contribution in [0.3, 0.4) is 0 Å². The Kier molecular flexibility index (Phi) is 6.20. The third-order valence-electron chi connectivity index (χ3n) is 4.49. The monoisotopic (exact) mass is 424 g/mol. The van der Waals surface area contributed by atoms with Gasteiger partial charge >= 0.3 is 6.03 Å². The molecule has 1 saturated heterocycles. The summed E-state index contributed by atoms with van der Waals surface area (Å²) in [6.07, 6.45) is 11.1. The summed E-state index contributed by atoms with van der Waals surface area (Å²) in [5, 5.41) is 12.1. The largest absolute Gasteiger partial charge is 0.348 e. The van der Waals surface area contributed by atoms with E-state index in [-0.39, 0.29) is 11.9 Å². The topological polar surface area (TPSA) is 134 Å². The number of carbonyl (C=O) groups is 2. The summed E-state index contributed by atoms with van der Waals surface area (Å²) in [4.78, 5) is 42.2. The van der Waals surface area contributed by atoms with Crippen LogP contribution in [-0.2, 0) is 0 Å². The van der Waals surface area contributed by atoms with Gasteiger partial charge in [0.2, 0.25) is 0 Å². The predicted octanol–water partition coefficient (Wildman–Crippen LogP) is 2.12. The average molecular weight is 424 g/mol. The van der Waals surface area contributed by atoms with Crippen molar-refractivity contribution in [2.75, 3.05) is 23.7 Å². The summed E-state index contributed by atoms with van der Waals surface area (Å²) in [7, 11) is 0. The van der Waals surface area contributed by atoms with Crippen LogP contribution >= 0.6 is 11.3 Å². The Labute approximate surface area is 176 Å². The van der Waals surface area contributed by atoms with Gasteiger partial charge in [0.05, 0.1) is 11.8 Å². The van der Waals surface area contributed by atoms with Crippen molar-refractivity contribution in [1.82, 2.24) is 30.6 Å². The lowest BCUT2D eigenvalue weighted by atomic mass is 10.1. The highest BCUT2D eigenvalue weighted by Crippen LogP contribution is 2.35. The highest BCUT2D eigenvalue weighted by Gasteiger charge is 2.22. The van der Waals surface area contributed by atoms with Crippen LogP contribution in [0.2, 0.25) is 0 Å². The molecule has 0 saturated carbocycles. The van der Waals surface area contributed by atoms with Gasteiger partial charge in [0.15, 0.2) is 5.82 Å². The molecule has 1 fully saturated rings. The predicted molar refractivity (Wildman–Crippen MR) is 113 cm³/mol. The van der Waals surface area contributed by atoms with Crippen molar-refractivity contribution in [3.63, 3.8) is 0 Å². The number of urea groups is 1. The lowest BCUT2D eigenvalue weighted by molar-refractivity contribution is 0.0932. The quantitative estimate of drug-likeness (QED) is 0.493. The van der Waals surface area contributed by atoms with Gasteiger partial charge in [0, 0.05) is 47.8 Å². The Balaban J connectivity index is 1.56. The minimum Gasteiger partial charge on any atom is -0.348 e. The maximum absolute atomic E-state index is 13.0. The molecular formula is C19H20N8O2S. The molecule has 0 aromatic carbocycles. The zero-order chi connectivity index (χ0) is 20.8. The molecule has 1 aliphatic heterocycles. The summed E-state index contributed by atoms with van der Waals surface area (Å²) in [6.45, 7) is 1.68. The number of amides is 3. The molecule has 3 aromatic heterocycles. The molecule has 10 nitrogen and oxygen atoms in total. The third kappa shape index (κ3) is 4.93. The molecule has 0 aliphatic carbocycles. The number of piperidine rings is 1. The fraction of sp³-hybridized carbons (Fsp3) is 0.263. The van der Waals surface area contributed by atoms with Gasteiger partial charge in [-0.1, -0.05) is 0 Å². The lowest BCUT2D eigenvalue weighted by Crippen LogP contribution is -2.45. The van der Waals surface area contributed by atoms with E-state index in [1.54, 1.807) is 18.5 Å². The van der Waals surface area contributed by atoms with E-state index < -0.39 is 6.03 Å². The van der Waals surface area contributed by atoms with E-state index in [0.29, 0.717) is 16.4 Å². The van der Waals surface area contributed by atoms with Crippen LogP contribution in [0.5, 0.6) is 0 Å². The maximum atomic E-state index is 13.0. The normalized spacial score (nSPS) is 15.9. The summed E-state index contributed by atoms with van der Waals surface area (Å²) in [5.74, 6) is 0.0698. The molecule has 0 unspecified atom stereocenters. The van der Waals surface area contributed by atoms with E-state index in [9.17, 15) is 9.59 Å². The highest BCUT2D eigenvalue weighted by molar-refractivity contribution is 7.20. The molecule has 30 heavy (non-hydrogen) atoms. The first-order valence-electron chi connectivity index (χ1n) is 9.44. The second kappa shape index (κ2) is 9.37. The number of carbonyl (C=O) groups excluding carboxylic acids is 2. The zero-order valence-corrected chi connectivity index (χ0v) is 16.8. The smallest absolute Gasteiger partial charge is 0.325 e. The Hall–Kier alpha value is -3.44. The van der Waals surface area contributed by atoms with E-state index >= 15 is 0 Å². The molecule has 0 radical (unpaired) electrons. The van der Waals surface area contributed by atoms with Crippen molar-refractivity contribution in [3.8, 4) is 10.4 Å². The minimum absolute atomic E-state index is 0.0518. The van der Waals surface area contributed by atoms with Gasteiger partial charge in [-0.2, -0.15) is 0 Å². The number of thiophene rings is 1.